The van der Waals surface area contributed by atoms with E-state index in [-0.39, 0.29) is 0 Å². The minimum Gasteiger partial charge on any atom is -0.363 e. The molecule has 0 spiro atoms. The van der Waals surface area contributed by atoms with Gasteiger partial charge >= 0.3 is 0 Å². The van der Waals surface area contributed by atoms with Gasteiger partial charge in [-0.15, -0.1) is 0 Å². The molecule has 0 saturated heterocycles. The maximum absolute atomic E-state index is 4.57. The van der Waals surface area contributed by atoms with Crippen molar-refractivity contribution >= 4 is 0 Å². The molecule has 0 aliphatic heterocycles. The molecule has 0 saturated carbocycles. The predicted molar refractivity (Wildman–Crippen MR) is 37.3 cm³/mol. The number of nitrogens with zero attached hydrogens (tertiary/aromatic N) is 1. The molecular formula is C7H8N2O. The number of nitrogens with one attached hydrogen (secondary N) is 1. The van der Waals surface area contributed by atoms with Gasteiger partial charge in [-0.05, 0) is 7.05 Å². The first-order chi connectivity index (χ1) is 4.93. The molecule has 0 aromatic carbocycles. The molecule has 0 fully saturated rings. The predicted octanol–water partition coefficient (Wildman–Crippen LogP) is 0.245. The molecule has 1 rings (SSSR count). The highest BCUT2D eigenvalue weighted by Gasteiger charge is 1.84. The first-order valence-electron chi connectivity index (χ1n) is 2.96. The van der Waals surface area contributed by atoms with Crippen LogP contribution in [0.1, 0.15) is 5.56 Å². The molecule has 0 aliphatic rings. The van der Waals surface area contributed by atoms with Gasteiger partial charge in [0.2, 0.25) is 0 Å². The van der Waals surface area contributed by atoms with Gasteiger partial charge in [-0.2, -0.15) is 0 Å². The van der Waals surface area contributed by atoms with Crippen molar-refractivity contribution in [3.8, 4) is 11.8 Å². The second-order valence-electron chi connectivity index (χ2n) is 1.75. The van der Waals surface area contributed by atoms with E-state index in [1.54, 1.807) is 6.20 Å². The molecule has 3 heteroatoms. The maximum Gasteiger partial charge on any atom is 0.139 e. The number of rotatable bonds is 1. The van der Waals surface area contributed by atoms with Crippen LogP contribution in [-0.4, -0.2) is 18.7 Å². The van der Waals surface area contributed by atoms with E-state index in [0.29, 0.717) is 6.54 Å². The van der Waals surface area contributed by atoms with Gasteiger partial charge in [-0.25, -0.2) is 0 Å². The van der Waals surface area contributed by atoms with Crippen LogP contribution in [0.3, 0.4) is 0 Å². The zero-order valence-corrected chi connectivity index (χ0v) is 5.72. The van der Waals surface area contributed by atoms with Crippen LogP contribution in [-0.2, 0) is 0 Å². The standard InChI is InChI=1S/C7H8N2O/c1-8-4-2-3-7-5-9-10-6-7/h5-6,8H,4H2,1H3. The van der Waals surface area contributed by atoms with Crippen molar-refractivity contribution in [3.05, 3.63) is 18.0 Å². The van der Waals surface area contributed by atoms with E-state index in [2.05, 4.69) is 26.8 Å². The summed E-state index contributed by atoms with van der Waals surface area (Å²) in [6.45, 7) is 0.686. The van der Waals surface area contributed by atoms with E-state index >= 15 is 0 Å². The molecule has 0 aliphatic carbocycles. The summed E-state index contributed by atoms with van der Waals surface area (Å²) in [5.74, 6) is 5.73. The lowest BCUT2D eigenvalue weighted by Gasteiger charge is -1.80. The SMILES string of the molecule is CNCC#Cc1cnoc1. The van der Waals surface area contributed by atoms with Gasteiger partial charge in [0.1, 0.15) is 6.26 Å². The van der Waals surface area contributed by atoms with Gasteiger partial charge in [-0.1, -0.05) is 17.0 Å². The molecule has 52 valence electrons. The topological polar surface area (TPSA) is 38.1 Å². The highest BCUT2D eigenvalue weighted by atomic mass is 16.5. The molecule has 1 N–H and O–H groups in total. The number of aromatic nitrogens is 1. The van der Waals surface area contributed by atoms with Gasteiger partial charge in [0.25, 0.3) is 0 Å². The third kappa shape index (κ3) is 1.92. The van der Waals surface area contributed by atoms with Crippen LogP contribution in [0.25, 0.3) is 0 Å². The Kier molecular flexibility index (Phi) is 2.53. The summed E-state index contributed by atoms with van der Waals surface area (Å²) in [6, 6.07) is 0. The van der Waals surface area contributed by atoms with Gasteiger partial charge in [0.15, 0.2) is 0 Å². The Hall–Kier alpha value is -1.27. The lowest BCUT2D eigenvalue weighted by atomic mass is 10.4. The van der Waals surface area contributed by atoms with Crippen LogP contribution < -0.4 is 5.32 Å². The average molecular weight is 136 g/mol. The van der Waals surface area contributed by atoms with Crippen molar-refractivity contribution in [2.75, 3.05) is 13.6 Å². The van der Waals surface area contributed by atoms with Crippen LogP contribution in [0.4, 0.5) is 0 Å². The Morgan fingerprint density at radius 2 is 2.70 bits per heavy atom. The molecule has 10 heavy (non-hydrogen) atoms. The molecule has 0 atom stereocenters. The van der Waals surface area contributed by atoms with Gasteiger partial charge in [-0.3, -0.25) is 0 Å². The van der Waals surface area contributed by atoms with Crippen LogP contribution in [0.5, 0.6) is 0 Å². The summed E-state index contributed by atoms with van der Waals surface area (Å²) in [7, 11) is 1.85. The van der Waals surface area contributed by atoms with E-state index in [9.17, 15) is 0 Å². The van der Waals surface area contributed by atoms with E-state index in [1.165, 1.54) is 6.26 Å². The molecule has 0 unspecified atom stereocenters. The normalized spacial score (nSPS) is 8.50. The van der Waals surface area contributed by atoms with E-state index in [0.717, 1.165) is 5.56 Å². The molecule has 0 amide bonds. The van der Waals surface area contributed by atoms with E-state index in [1.807, 2.05) is 7.05 Å². The van der Waals surface area contributed by atoms with Crippen molar-refractivity contribution < 1.29 is 4.52 Å². The van der Waals surface area contributed by atoms with Crippen molar-refractivity contribution in [2.45, 2.75) is 0 Å². The van der Waals surface area contributed by atoms with Crippen molar-refractivity contribution in [1.82, 2.24) is 10.5 Å². The third-order valence-electron chi connectivity index (χ3n) is 0.930. The van der Waals surface area contributed by atoms with E-state index < -0.39 is 0 Å². The zero-order chi connectivity index (χ0) is 7.23. The Labute approximate surface area is 59.4 Å². The fourth-order valence-electron chi connectivity index (χ4n) is 0.501. The monoisotopic (exact) mass is 136 g/mol. The molecule has 3 nitrogen and oxygen atoms in total. The van der Waals surface area contributed by atoms with Gasteiger partial charge in [0.05, 0.1) is 18.3 Å². The van der Waals surface area contributed by atoms with Gasteiger partial charge in [0, 0.05) is 0 Å². The largest absolute Gasteiger partial charge is 0.363 e. The maximum atomic E-state index is 4.57. The summed E-state index contributed by atoms with van der Waals surface area (Å²) in [5, 5.41) is 6.41. The van der Waals surface area contributed by atoms with Gasteiger partial charge < -0.3 is 9.84 Å². The first kappa shape index (κ1) is 6.84. The molecule has 0 radical (unpaired) electrons. The van der Waals surface area contributed by atoms with Crippen LogP contribution >= 0.6 is 0 Å². The average Bonchev–Trinajstić information content (AvgIpc) is 2.41. The Bertz CT molecular complexity index is 230. The summed E-state index contributed by atoms with van der Waals surface area (Å²) in [6.07, 6.45) is 3.10. The zero-order valence-electron chi connectivity index (χ0n) is 5.72. The summed E-state index contributed by atoms with van der Waals surface area (Å²) in [5.41, 5.74) is 0.815. The number of hydrogen-bond acceptors (Lipinski definition) is 3. The quantitative estimate of drug-likeness (QED) is 0.562. The molecule has 1 heterocycles. The summed E-state index contributed by atoms with van der Waals surface area (Å²) >= 11 is 0. The Balaban J connectivity index is 2.49. The third-order valence-corrected chi connectivity index (χ3v) is 0.930. The Morgan fingerprint density at radius 1 is 1.80 bits per heavy atom. The highest BCUT2D eigenvalue weighted by Crippen LogP contribution is 1.90. The van der Waals surface area contributed by atoms with Crippen LogP contribution in [0.2, 0.25) is 0 Å². The fourth-order valence-corrected chi connectivity index (χ4v) is 0.501. The lowest BCUT2D eigenvalue weighted by Crippen LogP contribution is -2.04. The second-order valence-corrected chi connectivity index (χ2v) is 1.75. The smallest absolute Gasteiger partial charge is 0.139 e. The van der Waals surface area contributed by atoms with Crippen LogP contribution in [0.15, 0.2) is 17.0 Å². The van der Waals surface area contributed by atoms with Crippen molar-refractivity contribution in [2.24, 2.45) is 0 Å². The minimum absolute atomic E-state index is 0.686. The highest BCUT2D eigenvalue weighted by molar-refractivity contribution is 5.28. The fraction of sp³-hybridized carbons (Fsp3) is 0.286. The summed E-state index contributed by atoms with van der Waals surface area (Å²) in [4.78, 5) is 0. The van der Waals surface area contributed by atoms with Crippen molar-refractivity contribution in [3.63, 3.8) is 0 Å². The number of hydrogen-bond donors (Lipinski definition) is 1. The van der Waals surface area contributed by atoms with Crippen LogP contribution in [0, 0.1) is 11.8 Å². The molecular weight excluding hydrogens is 128 g/mol. The molecule has 1 aromatic heterocycles. The second kappa shape index (κ2) is 3.70. The first-order valence-corrected chi connectivity index (χ1v) is 2.96. The summed E-state index contributed by atoms with van der Waals surface area (Å²) < 4.78 is 4.57. The minimum atomic E-state index is 0.686. The van der Waals surface area contributed by atoms with Crippen molar-refractivity contribution in [1.29, 1.82) is 0 Å². The molecule has 1 aromatic rings. The Morgan fingerprint density at radius 3 is 3.30 bits per heavy atom. The lowest BCUT2D eigenvalue weighted by molar-refractivity contribution is 0.419. The van der Waals surface area contributed by atoms with E-state index in [4.69, 9.17) is 0 Å². The molecule has 0 bridgehead atoms.